The first-order valence-electron chi connectivity index (χ1n) is 10.1. The maximum absolute atomic E-state index is 3.16. The van der Waals surface area contributed by atoms with E-state index in [0.717, 1.165) is 22.3 Å². The Morgan fingerprint density at radius 3 is 0.786 bits per heavy atom. The Kier molecular flexibility index (Phi) is 15.2. The van der Waals surface area contributed by atoms with Crippen LogP contribution in [0.3, 0.4) is 0 Å². The van der Waals surface area contributed by atoms with Gasteiger partial charge in [-0.05, 0) is 48.5 Å². The lowest BCUT2D eigenvalue weighted by atomic mass is 10.1. The van der Waals surface area contributed by atoms with Crippen LogP contribution < -0.4 is 0 Å². The molecule has 0 amide bonds. The SMILES string of the molecule is C(#Cc1ccc(C#Cc2ccccc2)cc1)c1ccccc1.CC.CC.CC. The van der Waals surface area contributed by atoms with Crippen LogP contribution in [0.4, 0.5) is 0 Å². The molecule has 0 nitrogen and oxygen atoms in total. The molecule has 3 rings (SSSR count). The van der Waals surface area contributed by atoms with Gasteiger partial charge in [-0.1, -0.05) is 102 Å². The van der Waals surface area contributed by atoms with Crippen LogP contribution in [0.15, 0.2) is 84.9 Å². The minimum atomic E-state index is 0.995. The lowest BCUT2D eigenvalue weighted by Gasteiger charge is -1.92. The number of rotatable bonds is 0. The second-order valence-corrected chi connectivity index (χ2v) is 4.81. The van der Waals surface area contributed by atoms with E-state index in [1.54, 1.807) is 0 Å². The predicted octanol–water partition coefficient (Wildman–Crippen LogP) is 7.56. The maximum Gasteiger partial charge on any atom is 0.0249 e. The van der Waals surface area contributed by atoms with Crippen LogP contribution >= 0.6 is 0 Å². The Hall–Kier alpha value is -3.22. The van der Waals surface area contributed by atoms with Crippen LogP contribution in [-0.4, -0.2) is 0 Å². The number of hydrogen-bond acceptors (Lipinski definition) is 0. The van der Waals surface area contributed by atoms with Gasteiger partial charge in [-0.3, -0.25) is 0 Å². The second kappa shape index (κ2) is 17.2. The summed E-state index contributed by atoms with van der Waals surface area (Å²) in [7, 11) is 0. The van der Waals surface area contributed by atoms with Crippen molar-refractivity contribution in [2.75, 3.05) is 0 Å². The van der Waals surface area contributed by atoms with Gasteiger partial charge in [0.05, 0.1) is 0 Å². The minimum absolute atomic E-state index is 0.995. The summed E-state index contributed by atoms with van der Waals surface area (Å²) < 4.78 is 0. The molecule has 0 heteroatoms. The summed E-state index contributed by atoms with van der Waals surface area (Å²) >= 11 is 0. The Bertz CT molecular complexity index is 773. The van der Waals surface area contributed by atoms with Gasteiger partial charge in [0.2, 0.25) is 0 Å². The summed E-state index contributed by atoms with van der Waals surface area (Å²) in [6.45, 7) is 12.0. The van der Waals surface area contributed by atoms with Crippen LogP contribution in [0.2, 0.25) is 0 Å². The summed E-state index contributed by atoms with van der Waals surface area (Å²) in [5.74, 6) is 12.6. The molecule has 0 bridgehead atoms. The Morgan fingerprint density at radius 2 is 0.536 bits per heavy atom. The van der Waals surface area contributed by atoms with E-state index < -0.39 is 0 Å². The van der Waals surface area contributed by atoms with Gasteiger partial charge in [0.15, 0.2) is 0 Å². The van der Waals surface area contributed by atoms with Crippen LogP contribution in [0.25, 0.3) is 0 Å². The molecule has 3 aromatic carbocycles. The third-order valence-corrected chi connectivity index (χ3v) is 3.13. The highest BCUT2D eigenvalue weighted by Gasteiger charge is 1.89. The van der Waals surface area contributed by atoms with Gasteiger partial charge >= 0.3 is 0 Å². The molecule has 0 saturated carbocycles. The van der Waals surface area contributed by atoms with E-state index in [0.29, 0.717) is 0 Å². The molecule has 0 aliphatic rings. The van der Waals surface area contributed by atoms with Crippen molar-refractivity contribution >= 4 is 0 Å². The fourth-order valence-electron chi connectivity index (χ4n) is 1.97. The van der Waals surface area contributed by atoms with Gasteiger partial charge in [-0.25, -0.2) is 0 Å². The summed E-state index contributed by atoms with van der Waals surface area (Å²) in [5, 5.41) is 0. The summed E-state index contributed by atoms with van der Waals surface area (Å²) in [6, 6.07) is 28.0. The third kappa shape index (κ3) is 10.1. The third-order valence-electron chi connectivity index (χ3n) is 3.13. The smallest absolute Gasteiger partial charge is 0.0249 e. The lowest BCUT2D eigenvalue weighted by Crippen LogP contribution is -1.78. The predicted molar refractivity (Wildman–Crippen MR) is 125 cm³/mol. The number of benzene rings is 3. The molecule has 3 aromatic rings. The fourth-order valence-corrected chi connectivity index (χ4v) is 1.97. The molecule has 0 heterocycles. The monoisotopic (exact) mass is 368 g/mol. The quantitative estimate of drug-likeness (QED) is 0.359. The highest BCUT2D eigenvalue weighted by atomic mass is 13.9. The zero-order valence-corrected chi connectivity index (χ0v) is 18.1. The van der Waals surface area contributed by atoms with Gasteiger partial charge < -0.3 is 0 Å². The Morgan fingerprint density at radius 1 is 0.321 bits per heavy atom. The molecule has 0 N–H and O–H groups in total. The molecule has 0 radical (unpaired) electrons. The highest BCUT2D eigenvalue weighted by molar-refractivity contribution is 5.47. The van der Waals surface area contributed by atoms with E-state index in [1.807, 2.05) is 126 Å². The molecule has 144 valence electrons. The molecule has 0 aliphatic heterocycles. The Balaban J connectivity index is 0.00000111. The highest BCUT2D eigenvalue weighted by Crippen LogP contribution is 2.04. The lowest BCUT2D eigenvalue weighted by molar-refractivity contribution is 1.50. The van der Waals surface area contributed by atoms with Crippen molar-refractivity contribution in [3.05, 3.63) is 107 Å². The summed E-state index contributed by atoms with van der Waals surface area (Å²) in [5.41, 5.74) is 4.04. The van der Waals surface area contributed by atoms with E-state index in [4.69, 9.17) is 0 Å². The van der Waals surface area contributed by atoms with Crippen LogP contribution in [0.5, 0.6) is 0 Å². The van der Waals surface area contributed by atoms with Gasteiger partial charge in [-0.15, -0.1) is 0 Å². The van der Waals surface area contributed by atoms with Crippen molar-refractivity contribution in [1.82, 2.24) is 0 Å². The zero-order chi connectivity index (χ0) is 21.0. The molecule has 28 heavy (non-hydrogen) atoms. The summed E-state index contributed by atoms with van der Waals surface area (Å²) in [4.78, 5) is 0. The average molecular weight is 369 g/mol. The molecule has 0 saturated heterocycles. The minimum Gasteiger partial charge on any atom is -0.0683 e. The summed E-state index contributed by atoms with van der Waals surface area (Å²) in [6.07, 6.45) is 0. The van der Waals surface area contributed by atoms with Gasteiger partial charge in [0, 0.05) is 22.3 Å². The molecular weight excluding hydrogens is 336 g/mol. The first kappa shape index (κ1) is 24.8. The molecule has 0 atom stereocenters. The standard InChI is InChI=1S/C22H14.3C2H6/c1-3-7-19(8-4-1)11-13-21-15-17-22(18-16-21)14-12-20-9-5-2-6-10-20;3*1-2/h1-10,15-18H;3*1-2H3. The van der Waals surface area contributed by atoms with Crippen LogP contribution in [0.1, 0.15) is 63.8 Å². The molecule has 0 aromatic heterocycles. The molecule has 0 aliphatic carbocycles. The van der Waals surface area contributed by atoms with Crippen molar-refractivity contribution in [3.8, 4) is 23.7 Å². The maximum atomic E-state index is 3.16. The average Bonchev–Trinajstić information content (AvgIpc) is 2.82. The van der Waals surface area contributed by atoms with Crippen molar-refractivity contribution in [2.24, 2.45) is 0 Å². The van der Waals surface area contributed by atoms with Crippen LogP contribution in [-0.2, 0) is 0 Å². The van der Waals surface area contributed by atoms with Crippen molar-refractivity contribution in [1.29, 1.82) is 0 Å². The van der Waals surface area contributed by atoms with E-state index in [-0.39, 0.29) is 0 Å². The van der Waals surface area contributed by atoms with Crippen molar-refractivity contribution < 1.29 is 0 Å². The van der Waals surface area contributed by atoms with Crippen LogP contribution in [0, 0.1) is 23.7 Å². The first-order valence-corrected chi connectivity index (χ1v) is 10.1. The van der Waals surface area contributed by atoms with E-state index >= 15 is 0 Å². The topological polar surface area (TPSA) is 0 Å². The molecule has 0 fully saturated rings. The van der Waals surface area contributed by atoms with E-state index in [9.17, 15) is 0 Å². The van der Waals surface area contributed by atoms with E-state index in [1.165, 1.54) is 0 Å². The second-order valence-electron chi connectivity index (χ2n) is 4.81. The number of hydrogen-bond donors (Lipinski definition) is 0. The van der Waals surface area contributed by atoms with Gasteiger partial charge in [0.25, 0.3) is 0 Å². The van der Waals surface area contributed by atoms with Gasteiger partial charge in [-0.2, -0.15) is 0 Å². The van der Waals surface area contributed by atoms with Gasteiger partial charge in [0.1, 0.15) is 0 Å². The Labute approximate surface area is 172 Å². The largest absolute Gasteiger partial charge is 0.0683 e. The van der Waals surface area contributed by atoms with Crippen molar-refractivity contribution in [3.63, 3.8) is 0 Å². The normalized spacial score (nSPS) is 7.79. The first-order chi connectivity index (χ1) is 13.9. The zero-order valence-electron chi connectivity index (χ0n) is 18.1. The molecular formula is C28H32. The van der Waals surface area contributed by atoms with E-state index in [2.05, 4.69) is 23.7 Å². The fraction of sp³-hybridized carbons (Fsp3) is 0.214. The molecule has 0 unspecified atom stereocenters. The van der Waals surface area contributed by atoms with Crippen molar-refractivity contribution in [2.45, 2.75) is 41.5 Å². The molecule has 0 spiro atoms.